The summed E-state index contributed by atoms with van der Waals surface area (Å²) in [4.78, 5) is 23.8. The predicted octanol–water partition coefficient (Wildman–Crippen LogP) is 2.63. The molecule has 4 rings (SSSR count). The van der Waals surface area contributed by atoms with E-state index in [4.69, 9.17) is 0 Å². The largest absolute Gasteiger partial charge is 0.310 e. The van der Waals surface area contributed by atoms with E-state index >= 15 is 0 Å². The number of nitrogens with one attached hydrogen (secondary N) is 1. The minimum Gasteiger partial charge on any atom is -0.310 e. The van der Waals surface area contributed by atoms with Gasteiger partial charge in [-0.3, -0.25) is 9.78 Å². The molecule has 0 unspecified atom stereocenters. The highest BCUT2D eigenvalue weighted by atomic mass is 32.2. The number of sulfonamides is 1. The van der Waals surface area contributed by atoms with Crippen LogP contribution in [0.3, 0.4) is 0 Å². The monoisotopic (exact) mass is 410 g/mol. The molecule has 1 N–H and O–H groups in total. The second-order valence-corrected chi connectivity index (χ2v) is 9.28. The molecule has 1 aromatic carbocycles. The summed E-state index contributed by atoms with van der Waals surface area (Å²) in [5, 5.41) is 0. The van der Waals surface area contributed by atoms with Crippen molar-refractivity contribution >= 4 is 10.0 Å². The fraction of sp³-hybridized carbons (Fsp3) is 0.286. The molecule has 8 heteroatoms. The van der Waals surface area contributed by atoms with Crippen LogP contribution in [0.15, 0.2) is 58.5 Å². The Morgan fingerprint density at radius 1 is 1.07 bits per heavy atom. The number of aromatic nitrogens is 3. The van der Waals surface area contributed by atoms with Crippen LogP contribution in [0.5, 0.6) is 0 Å². The van der Waals surface area contributed by atoms with Gasteiger partial charge in [-0.1, -0.05) is 6.07 Å². The van der Waals surface area contributed by atoms with Gasteiger partial charge in [-0.2, -0.15) is 4.31 Å². The van der Waals surface area contributed by atoms with Crippen molar-refractivity contribution in [3.63, 3.8) is 0 Å². The van der Waals surface area contributed by atoms with Crippen molar-refractivity contribution in [2.24, 2.45) is 0 Å². The Morgan fingerprint density at radius 2 is 1.83 bits per heavy atom. The first-order valence-corrected chi connectivity index (χ1v) is 10.9. The van der Waals surface area contributed by atoms with Crippen molar-refractivity contribution in [3.8, 4) is 11.3 Å². The number of rotatable bonds is 4. The van der Waals surface area contributed by atoms with Gasteiger partial charge in [0.2, 0.25) is 10.0 Å². The van der Waals surface area contributed by atoms with Crippen molar-refractivity contribution in [3.05, 3.63) is 76.1 Å². The summed E-state index contributed by atoms with van der Waals surface area (Å²) < 4.78 is 27.6. The van der Waals surface area contributed by atoms with E-state index in [-0.39, 0.29) is 18.0 Å². The van der Waals surface area contributed by atoms with E-state index in [0.29, 0.717) is 29.4 Å². The van der Waals surface area contributed by atoms with E-state index < -0.39 is 10.0 Å². The maximum atomic E-state index is 13.1. The molecule has 2 aromatic heterocycles. The molecule has 7 nitrogen and oxygen atoms in total. The Hall–Kier alpha value is -2.84. The van der Waals surface area contributed by atoms with Crippen LogP contribution in [0.25, 0.3) is 11.3 Å². The van der Waals surface area contributed by atoms with Crippen molar-refractivity contribution in [1.82, 2.24) is 19.3 Å². The van der Waals surface area contributed by atoms with E-state index in [2.05, 4.69) is 15.0 Å². The summed E-state index contributed by atoms with van der Waals surface area (Å²) in [6, 6.07) is 10.2. The number of H-pyrrole nitrogens is 1. The molecule has 150 valence electrons. The van der Waals surface area contributed by atoms with Crippen LogP contribution in [0.1, 0.15) is 29.3 Å². The highest BCUT2D eigenvalue weighted by Crippen LogP contribution is 2.30. The van der Waals surface area contributed by atoms with Crippen molar-refractivity contribution in [2.75, 3.05) is 13.1 Å². The van der Waals surface area contributed by atoms with Crippen LogP contribution in [-0.2, 0) is 10.0 Å². The lowest BCUT2D eigenvalue weighted by molar-refractivity contribution is 0.471. The molecule has 0 amide bonds. The average Bonchev–Trinajstić information content (AvgIpc) is 3.21. The summed E-state index contributed by atoms with van der Waals surface area (Å²) >= 11 is 0. The van der Waals surface area contributed by atoms with Crippen LogP contribution in [0.4, 0.5) is 0 Å². The predicted molar refractivity (Wildman–Crippen MR) is 110 cm³/mol. The van der Waals surface area contributed by atoms with Gasteiger partial charge in [0.25, 0.3) is 5.56 Å². The van der Waals surface area contributed by atoms with Gasteiger partial charge in [-0.25, -0.2) is 13.4 Å². The number of pyridine rings is 1. The molecule has 0 spiro atoms. The summed E-state index contributed by atoms with van der Waals surface area (Å²) in [5.74, 6) is 0.355. The van der Waals surface area contributed by atoms with Gasteiger partial charge in [0, 0.05) is 43.0 Å². The first-order chi connectivity index (χ1) is 13.8. The highest BCUT2D eigenvalue weighted by Gasteiger charge is 2.34. The molecule has 0 radical (unpaired) electrons. The summed E-state index contributed by atoms with van der Waals surface area (Å²) in [5.41, 5.74) is 3.10. The molecule has 3 heterocycles. The lowest BCUT2D eigenvalue weighted by Crippen LogP contribution is -2.29. The summed E-state index contributed by atoms with van der Waals surface area (Å²) in [7, 11) is -3.59. The fourth-order valence-corrected chi connectivity index (χ4v) is 5.12. The third-order valence-corrected chi connectivity index (χ3v) is 7.25. The van der Waals surface area contributed by atoms with Crippen molar-refractivity contribution < 1.29 is 8.42 Å². The van der Waals surface area contributed by atoms with E-state index in [1.807, 2.05) is 19.9 Å². The normalized spacial score (nSPS) is 17.5. The van der Waals surface area contributed by atoms with Gasteiger partial charge in [0.1, 0.15) is 5.82 Å². The van der Waals surface area contributed by atoms with Gasteiger partial charge >= 0.3 is 0 Å². The van der Waals surface area contributed by atoms with Gasteiger partial charge in [0.15, 0.2) is 0 Å². The molecule has 3 aromatic rings. The Bertz CT molecular complexity index is 1210. The smallest absolute Gasteiger partial charge is 0.251 e. The van der Waals surface area contributed by atoms with Crippen LogP contribution in [0, 0.1) is 13.8 Å². The number of aryl methyl sites for hydroxylation is 2. The van der Waals surface area contributed by atoms with E-state index in [1.165, 1.54) is 10.4 Å². The second-order valence-electron chi connectivity index (χ2n) is 7.35. The first kappa shape index (κ1) is 19.5. The van der Waals surface area contributed by atoms with E-state index in [1.54, 1.807) is 36.7 Å². The van der Waals surface area contributed by atoms with Crippen LogP contribution in [0.2, 0.25) is 0 Å². The molecular formula is C21H22N4O3S. The zero-order valence-corrected chi connectivity index (χ0v) is 17.1. The third kappa shape index (κ3) is 3.86. The lowest BCUT2D eigenvalue weighted by Gasteiger charge is -2.17. The maximum absolute atomic E-state index is 13.1. The molecule has 0 aliphatic carbocycles. The molecule has 1 saturated heterocycles. The number of hydrogen-bond donors (Lipinski definition) is 1. The van der Waals surface area contributed by atoms with Crippen LogP contribution < -0.4 is 5.56 Å². The molecule has 1 aliphatic heterocycles. The zero-order valence-electron chi connectivity index (χ0n) is 16.3. The summed E-state index contributed by atoms with van der Waals surface area (Å²) in [6.07, 6.45) is 3.89. The Labute approximate surface area is 169 Å². The van der Waals surface area contributed by atoms with Crippen LogP contribution in [-0.4, -0.2) is 40.8 Å². The average molecular weight is 410 g/mol. The molecule has 29 heavy (non-hydrogen) atoms. The quantitative estimate of drug-likeness (QED) is 0.713. The Morgan fingerprint density at radius 3 is 2.55 bits per heavy atom. The fourth-order valence-electron chi connectivity index (χ4n) is 3.53. The standard InChI is InChI=1S/C21H22N4O3S/c1-14-3-4-18(11-15(14)2)29(27,28)25-10-7-17(13-25)21-23-19(12-20(26)24-21)16-5-8-22-9-6-16/h3-6,8-9,11-12,17H,7,10,13H2,1-2H3,(H,23,24,26)/t17-/m1/s1. The van der Waals surface area contributed by atoms with Crippen LogP contribution >= 0.6 is 0 Å². The minimum absolute atomic E-state index is 0.161. The van der Waals surface area contributed by atoms with E-state index in [9.17, 15) is 13.2 Å². The molecular weight excluding hydrogens is 388 g/mol. The molecule has 1 fully saturated rings. The SMILES string of the molecule is Cc1ccc(S(=O)(=O)N2CC[C@@H](c3nc(-c4ccncc4)cc(=O)[nH]3)C2)cc1C. The summed E-state index contributed by atoms with van der Waals surface area (Å²) in [6.45, 7) is 4.54. The first-order valence-electron chi connectivity index (χ1n) is 9.43. The van der Waals surface area contributed by atoms with Crippen molar-refractivity contribution in [2.45, 2.75) is 31.1 Å². The maximum Gasteiger partial charge on any atom is 0.251 e. The number of nitrogens with zero attached hydrogens (tertiary/aromatic N) is 3. The topological polar surface area (TPSA) is 96.0 Å². The number of benzene rings is 1. The number of aromatic amines is 1. The van der Waals surface area contributed by atoms with Crippen molar-refractivity contribution in [1.29, 1.82) is 0 Å². The number of hydrogen-bond acceptors (Lipinski definition) is 5. The van der Waals surface area contributed by atoms with Gasteiger partial charge in [-0.15, -0.1) is 0 Å². The lowest BCUT2D eigenvalue weighted by atomic mass is 10.1. The zero-order chi connectivity index (χ0) is 20.6. The molecule has 1 atom stereocenters. The highest BCUT2D eigenvalue weighted by molar-refractivity contribution is 7.89. The van der Waals surface area contributed by atoms with Gasteiger partial charge < -0.3 is 4.98 Å². The molecule has 0 bridgehead atoms. The molecule has 1 aliphatic rings. The van der Waals surface area contributed by atoms with Gasteiger partial charge in [-0.05, 0) is 55.7 Å². The third-order valence-electron chi connectivity index (χ3n) is 5.39. The van der Waals surface area contributed by atoms with E-state index in [0.717, 1.165) is 16.7 Å². The Kier molecular flexibility index (Phi) is 5.06. The Balaban J connectivity index is 1.61. The minimum atomic E-state index is -3.59. The second kappa shape index (κ2) is 7.53. The van der Waals surface area contributed by atoms with Gasteiger partial charge in [0.05, 0.1) is 10.6 Å². The molecule has 0 saturated carbocycles.